The van der Waals surface area contributed by atoms with Crippen LogP contribution in [0.25, 0.3) is 0 Å². The molecule has 0 saturated heterocycles. The van der Waals surface area contributed by atoms with Crippen LogP contribution in [0.4, 0.5) is 11.4 Å². The molecule has 3 rings (SSSR count). The molecule has 144 valence electrons. The third kappa shape index (κ3) is 4.69. The molecular weight excluding hydrogens is 362 g/mol. The molecule has 0 aliphatic heterocycles. The van der Waals surface area contributed by atoms with E-state index in [0.717, 1.165) is 23.2 Å². The molecule has 29 heavy (non-hydrogen) atoms. The van der Waals surface area contributed by atoms with Gasteiger partial charge in [-0.25, -0.2) is 0 Å². The van der Waals surface area contributed by atoms with Gasteiger partial charge in [0.1, 0.15) is 0 Å². The molecule has 0 aliphatic carbocycles. The molecule has 0 saturated carbocycles. The van der Waals surface area contributed by atoms with Crippen LogP contribution in [0, 0.1) is 18.3 Å². The second-order valence-electron chi connectivity index (χ2n) is 6.64. The van der Waals surface area contributed by atoms with Crippen LogP contribution < -0.4 is 10.6 Å². The molecule has 0 unspecified atom stereocenters. The number of amides is 2. The second kappa shape index (κ2) is 8.85. The maximum atomic E-state index is 12.6. The van der Waals surface area contributed by atoms with Crippen molar-refractivity contribution in [3.05, 3.63) is 94.5 Å². The first-order chi connectivity index (χ1) is 14.0. The summed E-state index contributed by atoms with van der Waals surface area (Å²) in [6, 6.07) is 21.1. The predicted molar refractivity (Wildman–Crippen MR) is 114 cm³/mol. The van der Waals surface area contributed by atoms with Gasteiger partial charge in [-0.2, -0.15) is 5.26 Å². The average molecular weight is 383 g/mol. The molecule has 0 radical (unpaired) electrons. The Kier molecular flexibility index (Phi) is 6.06. The number of rotatable bonds is 5. The van der Waals surface area contributed by atoms with Crippen LogP contribution in [-0.2, 0) is 6.42 Å². The molecule has 0 heterocycles. The monoisotopic (exact) mass is 383 g/mol. The van der Waals surface area contributed by atoms with E-state index in [2.05, 4.69) is 10.6 Å². The molecule has 5 nitrogen and oxygen atoms in total. The average Bonchev–Trinajstić information content (AvgIpc) is 2.75. The van der Waals surface area contributed by atoms with E-state index in [9.17, 15) is 9.59 Å². The van der Waals surface area contributed by atoms with E-state index >= 15 is 0 Å². The lowest BCUT2D eigenvalue weighted by Gasteiger charge is -2.13. The van der Waals surface area contributed by atoms with Crippen molar-refractivity contribution in [1.82, 2.24) is 0 Å². The predicted octanol–water partition coefficient (Wildman–Crippen LogP) is 4.93. The standard InChI is InChI=1S/C24H21N3O2/c1-3-18-8-4-6-16(2)22(18)27-24(29)20-12-10-19(11-13-20)23(28)26-21-9-5-7-17(14-21)15-25/h4-14H,3H2,1-2H3,(H,26,28)(H,27,29). The van der Waals surface area contributed by atoms with Gasteiger partial charge in [0.15, 0.2) is 0 Å². The van der Waals surface area contributed by atoms with E-state index in [-0.39, 0.29) is 11.8 Å². The summed E-state index contributed by atoms with van der Waals surface area (Å²) in [6.45, 7) is 4.01. The highest BCUT2D eigenvalue weighted by molar-refractivity contribution is 6.07. The lowest BCUT2D eigenvalue weighted by atomic mass is 10.0. The summed E-state index contributed by atoms with van der Waals surface area (Å²) in [7, 11) is 0. The summed E-state index contributed by atoms with van der Waals surface area (Å²) >= 11 is 0. The fourth-order valence-electron chi connectivity index (χ4n) is 3.03. The van der Waals surface area contributed by atoms with Crippen LogP contribution in [0.3, 0.4) is 0 Å². The fraction of sp³-hybridized carbons (Fsp3) is 0.125. The maximum Gasteiger partial charge on any atom is 0.255 e. The van der Waals surface area contributed by atoms with Crippen LogP contribution >= 0.6 is 0 Å². The van der Waals surface area contributed by atoms with Crippen molar-refractivity contribution in [2.75, 3.05) is 10.6 Å². The molecule has 0 aliphatic rings. The zero-order chi connectivity index (χ0) is 20.8. The van der Waals surface area contributed by atoms with Crippen LogP contribution in [0.2, 0.25) is 0 Å². The van der Waals surface area contributed by atoms with Crippen LogP contribution in [0.1, 0.15) is 44.3 Å². The summed E-state index contributed by atoms with van der Waals surface area (Å²) in [5.41, 5.74) is 4.83. The quantitative estimate of drug-likeness (QED) is 0.655. The summed E-state index contributed by atoms with van der Waals surface area (Å²) in [6.07, 6.45) is 0.823. The Bertz CT molecular complexity index is 1100. The second-order valence-corrected chi connectivity index (χ2v) is 6.64. The number of hydrogen-bond acceptors (Lipinski definition) is 3. The van der Waals surface area contributed by atoms with Crippen LogP contribution in [0.5, 0.6) is 0 Å². The van der Waals surface area contributed by atoms with Gasteiger partial charge in [0.05, 0.1) is 11.6 Å². The number of nitrogens with one attached hydrogen (secondary N) is 2. The summed E-state index contributed by atoms with van der Waals surface area (Å²) < 4.78 is 0. The first-order valence-electron chi connectivity index (χ1n) is 9.33. The lowest BCUT2D eigenvalue weighted by Crippen LogP contribution is -2.15. The topological polar surface area (TPSA) is 82.0 Å². The van der Waals surface area contributed by atoms with E-state index < -0.39 is 0 Å². The van der Waals surface area contributed by atoms with Crippen molar-refractivity contribution in [1.29, 1.82) is 5.26 Å². The highest BCUT2D eigenvalue weighted by atomic mass is 16.2. The SMILES string of the molecule is CCc1cccc(C)c1NC(=O)c1ccc(C(=O)Nc2cccc(C#N)c2)cc1. The van der Waals surface area contributed by atoms with Gasteiger partial charge in [-0.1, -0.05) is 31.2 Å². The van der Waals surface area contributed by atoms with Gasteiger partial charge in [-0.05, 0) is 66.9 Å². The number of benzene rings is 3. The molecule has 2 amide bonds. The van der Waals surface area contributed by atoms with E-state index in [4.69, 9.17) is 5.26 Å². The zero-order valence-corrected chi connectivity index (χ0v) is 16.3. The highest BCUT2D eigenvalue weighted by Gasteiger charge is 2.12. The van der Waals surface area contributed by atoms with Crippen LogP contribution in [0.15, 0.2) is 66.7 Å². The molecule has 0 spiro atoms. The molecule has 0 atom stereocenters. The van der Waals surface area contributed by atoms with Gasteiger partial charge in [0, 0.05) is 22.5 Å². The Balaban J connectivity index is 1.72. The minimum absolute atomic E-state index is 0.220. The number of hydrogen-bond donors (Lipinski definition) is 2. The van der Waals surface area contributed by atoms with Crippen molar-refractivity contribution >= 4 is 23.2 Å². The first-order valence-corrected chi connectivity index (χ1v) is 9.33. The smallest absolute Gasteiger partial charge is 0.255 e. The molecule has 0 bridgehead atoms. The number of para-hydroxylation sites is 1. The van der Waals surface area contributed by atoms with E-state index in [1.165, 1.54) is 0 Å². The molecule has 3 aromatic rings. The van der Waals surface area contributed by atoms with E-state index in [1.54, 1.807) is 48.5 Å². The molecule has 3 aromatic carbocycles. The van der Waals surface area contributed by atoms with Crippen molar-refractivity contribution in [3.8, 4) is 6.07 Å². The van der Waals surface area contributed by atoms with Gasteiger partial charge in [-0.15, -0.1) is 0 Å². The first kappa shape index (κ1) is 19.8. The summed E-state index contributed by atoms with van der Waals surface area (Å²) in [5, 5.41) is 14.7. The van der Waals surface area contributed by atoms with Crippen molar-refractivity contribution in [2.24, 2.45) is 0 Å². The van der Waals surface area contributed by atoms with Gasteiger partial charge in [0.2, 0.25) is 0 Å². The number of nitrogens with zero attached hydrogens (tertiary/aromatic N) is 1. The van der Waals surface area contributed by atoms with Crippen LogP contribution in [-0.4, -0.2) is 11.8 Å². The Morgan fingerprint density at radius 2 is 1.52 bits per heavy atom. The van der Waals surface area contributed by atoms with E-state index in [1.807, 2.05) is 38.1 Å². The number of carbonyl (C=O) groups is 2. The largest absolute Gasteiger partial charge is 0.322 e. The third-order valence-corrected chi connectivity index (χ3v) is 4.64. The van der Waals surface area contributed by atoms with Gasteiger partial charge >= 0.3 is 0 Å². The Morgan fingerprint density at radius 1 is 0.897 bits per heavy atom. The van der Waals surface area contributed by atoms with Gasteiger partial charge in [0.25, 0.3) is 11.8 Å². The third-order valence-electron chi connectivity index (χ3n) is 4.64. The molecule has 0 aromatic heterocycles. The molecular formula is C24H21N3O2. The maximum absolute atomic E-state index is 12.6. The zero-order valence-electron chi connectivity index (χ0n) is 16.3. The van der Waals surface area contributed by atoms with E-state index in [0.29, 0.717) is 22.4 Å². The Labute approximate surface area is 170 Å². The Morgan fingerprint density at radius 3 is 2.14 bits per heavy atom. The normalized spacial score (nSPS) is 10.1. The summed E-state index contributed by atoms with van der Waals surface area (Å²) in [5.74, 6) is -0.526. The fourth-order valence-corrected chi connectivity index (χ4v) is 3.03. The lowest BCUT2D eigenvalue weighted by molar-refractivity contribution is 0.101. The number of anilines is 2. The Hall–Kier alpha value is -3.91. The molecule has 2 N–H and O–H groups in total. The van der Waals surface area contributed by atoms with Crippen molar-refractivity contribution < 1.29 is 9.59 Å². The minimum atomic E-state index is -0.306. The van der Waals surface area contributed by atoms with Crippen molar-refractivity contribution in [2.45, 2.75) is 20.3 Å². The van der Waals surface area contributed by atoms with Gasteiger partial charge in [-0.3, -0.25) is 9.59 Å². The van der Waals surface area contributed by atoms with Gasteiger partial charge < -0.3 is 10.6 Å². The number of aryl methyl sites for hydroxylation is 2. The minimum Gasteiger partial charge on any atom is -0.322 e. The number of carbonyl (C=O) groups excluding carboxylic acids is 2. The van der Waals surface area contributed by atoms with Crippen molar-refractivity contribution in [3.63, 3.8) is 0 Å². The number of nitriles is 1. The molecule has 0 fully saturated rings. The highest BCUT2D eigenvalue weighted by Crippen LogP contribution is 2.22. The summed E-state index contributed by atoms with van der Waals surface area (Å²) in [4.78, 5) is 25.1. The molecule has 5 heteroatoms.